The van der Waals surface area contributed by atoms with Crippen LogP contribution in [0.25, 0.3) is 6.08 Å². The number of rotatable bonds is 7. The quantitative estimate of drug-likeness (QED) is 0.704. The number of anilines is 1. The van der Waals surface area contributed by atoms with Gasteiger partial charge in [-0.3, -0.25) is 4.79 Å². The number of carboxylic acid groups (broad SMARTS) is 1. The van der Waals surface area contributed by atoms with Crippen LogP contribution < -0.4 is 5.32 Å². The van der Waals surface area contributed by atoms with Crippen LogP contribution in [-0.4, -0.2) is 11.1 Å². The molecule has 0 bridgehead atoms. The second kappa shape index (κ2) is 8.52. The van der Waals surface area contributed by atoms with Crippen LogP contribution in [0, 0.1) is 0 Å². The van der Waals surface area contributed by atoms with Gasteiger partial charge < -0.3 is 10.4 Å². The van der Waals surface area contributed by atoms with E-state index in [1.165, 1.54) is 11.1 Å². The Balaban J connectivity index is 1.86. The summed E-state index contributed by atoms with van der Waals surface area (Å²) in [4.78, 5) is 10.5. The molecular weight excluding hydrogens is 310 g/mol. The Bertz CT molecular complexity index is 707. The Morgan fingerprint density at radius 2 is 1.68 bits per heavy atom. The fourth-order valence-electron chi connectivity index (χ4n) is 2.47. The number of hydrogen-bond acceptors (Lipinski definition) is 2. The van der Waals surface area contributed by atoms with Crippen LogP contribution in [0.15, 0.2) is 54.6 Å². The van der Waals surface area contributed by atoms with E-state index in [1.54, 1.807) is 0 Å². The van der Waals surface area contributed by atoms with Crippen LogP contribution in [0.4, 0.5) is 5.69 Å². The van der Waals surface area contributed by atoms with Crippen molar-refractivity contribution in [3.8, 4) is 0 Å². The Labute approximate surface area is 150 Å². The van der Waals surface area contributed by atoms with E-state index < -0.39 is 5.97 Å². The minimum atomic E-state index is -0.762. The summed E-state index contributed by atoms with van der Waals surface area (Å²) in [6.45, 7) is 7.42. The van der Waals surface area contributed by atoms with Gasteiger partial charge in [-0.2, -0.15) is 0 Å². The van der Waals surface area contributed by atoms with Crippen molar-refractivity contribution < 1.29 is 9.90 Å². The fraction of sp³-hybridized carbons (Fsp3) is 0.318. The van der Waals surface area contributed by atoms with Crippen LogP contribution in [0.2, 0.25) is 0 Å². The zero-order valence-electron chi connectivity index (χ0n) is 15.3. The number of carboxylic acids is 1. The minimum absolute atomic E-state index is 0.173. The largest absolute Gasteiger partial charge is 0.481 e. The van der Waals surface area contributed by atoms with Gasteiger partial charge in [-0.05, 0) is 40.7 Å². The molecule has 0 radical (unpaired) electrons. The average Bonchev–Trinajstić information content (AvgIpc) is 2.57. The summed E-state index contributed by atoms with van der Waals surface area (Å²) in [5.74, 6) is -0.762. The monoisotopic (exact) mass is 337 g/mol. The first-order chi connectivity index (χ1) is 11.8. The van der Waals surface area contributed by atoms with Gasteiger partial charge >= 0.3 is 5.97 Å². The second-order valence-corrected chi connectivity index (χ2v) is 7.26. The van der Waals surface area contributed by atoms with Crippen molar-refractivity contribution in [3.05, 3.63) is 71.3 Å². The Kier molecular flexibility index (Phi) is 6.40. The zero-order chi connectivity index (χ0) is 18.3. The topological polar surface area (TPSA) is 49.3 Å². The zero-order valence-corrected chi connectivity index (χ0v) is 15.3. The van der Waals surface area contributed by atoms with E-state index in [0.717, 1.165) is 17.8 Å². The molecular formula is C22H27NO2. The van der Waals surface area contributed by atoms with E-state index in [0.29, 0.717) is 6.42 Å². The van der Waals surface area contributed by atoms with Crippen molar-refractivity contribution in [1.82, 2.24) is 0 Å². The predicted molar refractivity (Wildman–Crippen MR) is 105 cm³/mol. The highest BCUT2D eigenvalue weighted by molar-refractivity contribution is 5.67. The summed E-state index contributed by atoms with van der Waals surface area (Å²) < 4.78 is 0. The van der Waals surface area contributed by atoms with Gasteiger partial charge in [0.15, 0.2) is 0 Å². The molecule has 2 N–H and O–H groups in total. The molecule has 0 aliphatic rings. The molecule has 25 heavy (non-hydrogen) atoms. The normalized spacial score (nSPS) is 11.6. The lowest BCUT2D eigenvalue weighted by molar-refractivity contribution is -0.136. The second-order valence-electron chi connectivity index (χ2n) is 7.26. The lowest BCUT2D eigenvalue weighted by Gasteiger charge is -2.19. The molecule has 0 amide bonds. The first-order valence-corrected chi connectivity index (χ1v) is 8.66. The molecule has 0 aliphatic heterocycles. The van der Waals surface area contributed by atoms with Gasteiger partial charge in [0.1, 0.15) is 0 Å². The number of hydrogen-bond donors (Lipinski definition) is 2. The highest BCUT2D eigenvalue weighted by Crippen LogP contribution is 2.23. The van der Waals surface area contributed by atoms with Gasteiger partial charge in [-0.15, -0.1) is 0 Å². The van der Waals surface area contributed by atoms with E-state index in [-0.39, 0.29) is 11.8 Å². The molecule has 0 saturated carbocycles. The minimum Gasteiger partial charge on any atom is -0.481 e. The van der Waals surface area contributed by atoms with Crippen molar-refractivity contribution in [2.45, 2.75) is 45.6 Å². The van der Waals surface area contributed by atoms with Gasteiger partial charge in [0.2, 0.25) is 0 Å². The van der Waals surface area contributed by atoms with Crippen molar-refractivity contribution in [2.75, 3.05) is 5.32 Å². The van der Waals surface area contributed by atoms with Crippen LogP contribution in [0.5, 0.6) is 0 Å². The molecule has 0 saturated heterocycles. The van der Waals surface area contributed by atoms with E-state index in [9.17, 15) is 4.79 Å². The van der Waals surface area contributed by atoms with E-state index in [2.05, 4.69) is 74.6 Å². The van der Waals surface area contributed by atoms with Gasteiger partial charge in [0.25, 0.3) is 0 Å². The molecule has 0 spiro atoms. The highest BCUT2D eigenvalue weighted by Gasteiger charge is 2.12. The lowest BCUT2D eigenvalue weighted by atomic mass is 9.87. The highest BCUT2D eigenvalue weighted by atomic mass is 16.4. The molecule has 2 rings (SSSR count). The molecule has 0 heterocycles. The third-order valence-corrected chi connectivity index (χ3v) is 4.06. The molecule has 132 valence electrons. The number of carbonyl (C=O) groups is 1. The summed E-state index contributed by atoms with van der Waals surface area (Å²) in [6, 6.07) is 16.9. The van der Waals surface area contributed by atoms with Crippen molar-refractivity contribution in [2.24, 2.45) is 0 Å². The molecule has 0 fully saturated rings. The van der Waals surface area contributed by atoms with Gasteiger partial charge in [-0.1, -0.05) is 69.3 Å². The average molecular weight is 337 g/mol. The molecule has 3 heteroatoms. The summed E-state index contributed by atoms with van der Waals surface area (Å²) >= 11 is 0. The summed E-state index contributed by atoms with van der Waals surface area (Å²) in [5, 5.41) is 12.1. The maximum atomic E-state index is 10.5. The molecule has 0 atom stereocenters. The smallest absolute Gasteiger partial charge is 0.303 e. The summed E-state index contributed by atoms with van der Waals surface area (Å²) in [6.07, 6.45) is 4.60. The first-order valence-electron chi connectivity index (χ1n) is 8.66. The Morgan fingerprint density at radius 3 is 2.24 bits per heavy atom. The predicted octanol–water partition coefficient (Wildman–Crippen LogP) is 5.47. The Morgan fingerprint density at radius 1 is 1.04 bits per heavy atom. The maximum Gasteiger partial charge on any atom is 0.303 e. The molecule has 0 unspecified atom stereocenters. The molecule has 2 aromatic carbocycles. The Hall–Kier alpha value is -2.55. The molecule has 0 aromatic heterocycles. The van der Waals surface area contributed by atoms with Crippen LogP contribution in [-0.2, 0) is 16.8 Å². The number of benzene rings is 2. The third kappa shape index (κ3) is 6.46. The number of aliphatic carboxylic acids is 1. The van der Waals surface area contributed by atoms with Crippen LogP contribution in [0.3, 0.4) is 0 Å². The maximum absolute atomic E-state index is 10.5. The van der Waals surface area contributed by atoms with Crippen LogP contribution >= 0.6 is 0 Å². The van der Waals surface area contributed by atoms with Gasteiger partial charge in [0, 0.05) is 18.7 Å². The van der Waals surface area contributed by atoms with Crippen molar-refractivity contribution in [1.29, 1.82) is 0 Å². The molecule has 2 aromatic rings. The van der Waals surface area contributed by atoms with E-state index in [4.69, 9.17) is 5.11 Å². The fourth-order valence-corrected chi connectivity index (χ4v) is 2.47. The van der Waals surface area contributed by atoms with Crippen molar-refractivity contribution >= 4 is 17.7 Å². The van der Waals surface area contributed by atoms with E-state index >= 15 is 0 Å². The van der Waals surface area contributed by atoms with Crippen molar-refractivity contribution in [3.63, 3.8) is 0 Å². The standard InChI is InChI=1S/C22H27NO2/c1-22(2,3)19-12-14-20(15-13-19)23-16-18-10-8-17(9-11-18)6-4-5-7-21(24)25/h4,6,8-15,23H,5,7,16H2,1-3H3,(H,24,25)/b6-4+. The van der Waals surface area contributed by atoms with E-state index in [1.807, 2.05) is 12.2 Å². The molecule has 0 aliphatic carbocycles. The van der Waals surface area contributed by atoms with Gasteiger partial charge in [0.05, 0.1) is 0 Å². The summed E-state index contributed by atoms with van der Waals surface area (Å²) in [7, 11) is 0. The third-order valence-electron chi connectivity index (χ3n) is 4.06. The molecule has 3 nitrogen and oxygen atoms in total. The van der Waals surface area contributed by atoms with Gasteiger partial charge in [-0.25, -0.2) is 0 Å². The first kappa shape index (κ1) is 18.8. The van der Waals surface area contributed by atoms with Crippen LogP contribution in [0.1, 0.15) is 50.3 Å². The lowest BCUT2D eigenvalue weighted by Crippen LogP contribution is -2.10. The summed E-state index contributed by atoms with van der Waals surface area (Å²) in [5.41, 5.74) is 4.92. The SMILES string of the molecule is CC(C)(C)c1ccc(NCc2ccc(/C=C/CCC(=O)O)cc2)cc1. The number of allylic oxidation sites excluding steroid dienone is 1. The number of nitrogens with one attached hydrogen (secondary N) is 1.